The summed E-state index contributed by atoms with van der Waals surface area (Å²) in [7, 11) is -0.889. The summed E-state index contributed by atoms with van der Waals surface area (Å²) in [5.41, 5.74) is 1.27. The van der Waals surface area contributed by atoms with Crippen molar-refractivity contribution in [3.8, 4) is 11.4 Å². The maximum absolute atomic E-state index is 13.1. The van der Waals surface area contributed by atoms with Crippen LogP contribution in [0.2, 0.25) is 0 Å². The molecule has 0 fully saturated rings. The van der Waals surface area contributed by atoms with Crippen molar-refractivity contribution in [2.24, 2.45) is 7.05 Å². The zero-order chi connectivity index (χ0) is 21.4. The Morgan fingerprint density at radius 2 is 1.90 bits per heavy atom. The highest BCUT2D eigenvalue weighted by Gasteiger charge is 2.30. The van der Waals surface area contributed by atoms with E-state index in [-0.39, 0.29) is 17.1 Å². The van der Waals surface area contributed by atoms with E-state index in [0.717, 1.165) is 12.1 Å². The summed E-state index contributed by atoms with van der Waals surface area (Å²) in [4.78, 5) is 1.23. The fourth-order valence-electron chi connectivity index (χ4n) is 2.94. The molecule has 0 spiro atoms. The smallest absolute Gasteiger partial charge is 0.214 e. The van der Waals surface area contributed by atoms with E-state index >= 15 is 0 Å². The molecule has 0 unspecified atom stereocenters. The number of alkyl halides is 3. The van der Waals surface area contributed by atoms with Crippen molar-refractivity contribution >= 4 is 10.0 Å². The third-order valence-corrected chi connectivity index (χ3v) is 5.80. The summed E-state index contributed by atoms with van der Waals surface area (Å²) in [5.74, 6) is 0.186. The highest BCUT2D eigenvalue weighted by molar-refractivity contribution is 7.89. The number of sulfonamides is 1. The number of hydrogen-bond donors (Lipinski definition) is 1. The number of aromatic nitrogens is 4. The molecule has 0 aliphatic carbocycles. The molecule has 2 aromatic carbocycles. The van der Waals surface area contributed by atoms with Crippen molar-refractivity contribution in [3.63, 3.8) is 0 Å². The second-order valence-corrected chi connectivity index (χ2v) is 8.34. The van der Waals surface area contributed by atoms with Gasteiger partial charge in [0.25, 0.3) is 0 Å². The first kappa shape index (κ1) is 20.9. The molecule has 3 aromatic rings. The average Bonchev–Trinajstić information content (AvgIpc) is 3.09. The highest BCUT2D eigenvalue weighted by Crippen LogP contribution is 2.32. The third kappa shape index (κ3) is 4.46. The lowest BCUT2D eigenvalue weighted by Crippen LogP contribution is -2.19. The fraction of sp³-hybridized carbons (Fsp3) is 0.278. The van der Waals surface area contributed by atoms with Gasteiger partial charge in [0.05, 0.1) is 17.5 Å². The number of halogens is 3. The van der Waals surface area contributed by atoms with Gasteiger partial charge in [0.15, 0.2) is 0 Å². The van der Waals surface area contributed by atoms with Crippen LogP contribution in [0.25, 0.3) is 11.4 Å². The first-order valence-corrected chi connectivity index (χ1v) is 9.97. The van der Waals surface area contributed by atoms with E-state index in [4.69, 9.17) is 0 Å². The minimum Gasteiger partial charge on any atom is -0.214 e. The van der Waals surface area contributed by atoms with Crippen molar-refractivity contribution in [1.29, 1.82) is 0 Å². The summed E-state index contributed by atoms with van der Waals surface area (Å²) in [6.45, 7) is 1.69. The van der Waals surface area contributed by atoms with Crippen LogP contribution in [0.5, 0.6) is 0 Å². The minimum atomic E-state index is -4.45. The molecule has 0 saturated carbocycles. The van der Waals surface area contributed by atoms with Crippen LogP contribution in [0.3, 0.4) is 0 Å². The summed E-state index contributed by atoms with van der Waals surface area (Å²) >= 11 is 0. The van der Waals surface area contributed by atoms with Gasteiger partial charge in [-0.25, -0.2) is 13.1 Å². The maximum Gasteiger partial charge on any atom is 0.416 e. The lowest BCUT2D eigenvalue weighted by Gasteiger charge is -2.15. The largest absolute Gasteiger partial charge is 0.416 e. The molecule has 3 rings (SSSR count). The predicted octanol–water partition coefficient (Wildman–Crippen LogP) is 2.70. The van der Waals surface area contributed by atoms with E-state index in [1.165, 1.54) is 30.0 Å². The Hall–Kier alpha value is -2.79. The second kappa shape index (κ2) is 7.56. The summed E-state index contributed by atoms with van der Waals surface area (Å²) in [5, 5.41) is 11.8. The Morgan fingerprint density at radius 1 is 1.17 bits per heavy atom. The topological polar surface area (TPSA) is 89.8 Å². The van der Waals surface area contributed by atoms with Crippen LogP contribution in [0.1, 0.15) is 22.3 Å². The predicted molar refractivity (Wildman–Crippen MR) is 99.5 cm³/mol. The van der Waals surface area contributed by atoms with Crippen molar-refractivity contribution in [2.45, 2.75) is 24.4 Å². The summed E-state index contributed by atoms with van der Waals surface area (Å²) in [6, 6.07) is 7.87. The van der Waals surface area contributed by atoms with Crippen molar-refractivity contribution in [2.75, 3.05) is 7.05 Å². The molecule has 1 aromatic heterocycles. The number of nitrogens with one attached hydrogen (secondary N) is 1. The fourth-order valence-corrected chi connectivity index (χ4v) is 3.79. The van der Waals surface area contributed by atoms with Gasteiger partial charge in [-0.15, -0.1) is 10.2 Å². The first-order chi connectivity index (χ1) is 13.5. The van der Waals surface area contributed by atoms with Gasteiger partial charge in [0.2, 0.25) is 15.8 Å². The van der Waals surface area contributed by atoms with Gasteiger partial charge < -0.3 is 0 Å². The second-order valence-electron chi connectivity index (χ2n) is 6.45. The minimum absolute atomic E-state index is 0.00717. The number of benzene rings is 2. The Labute approximate surface area is 165 Å². The number of hydrogen-bond acceptors (Lipinski definition) is 5. The van der Waals surface area contributed by atoms with E-state index in [1.54, 1.807) is 20.0 Å². The number of nitrogens with zero attached hydrogens (tertiary/aromatic N) is 4. The van der Waals surface area contributed by atoms with Crippen molar-refractivity contribution < 1.29 is 21.6 Å². The monoisotopic (exact) mass is 425 g/mol. The molecule has 0 atom stereocenters. The SMILES string of the molecule is CNS(=O)(=O)c1cc(C)c(Cc2cccc(C(F)(F)F)c2)c(-c2nnn(C)n2)c1. The Kier molecular flexibility index (Phi) is 5.46. The molecule has 0 aliphatic rings. The lowest BCUT2D eigenvalue weighted by atomic mass is 9.94. The maximum atomic E-state index is 13.1. The summed E-state index contributed by atoms with van der Waals surface area (Å²) < 4.78 is 65.9. The molecule has 0 bridgehead atoms. The average molecular weight is 425 g/mol. The molecular formula is C18H18F3N5O2S. The van der Waals surface area contributed by atoms with Gasteiger partial charge in [-0.2, -0.15) is 18.0 Å². The molecule has 0 amide bonds. The standard InChI is InChI=1S/C18H18F3N5O2S/c1-11-7-14(29(27,28)22-2)10-16(17-23-25-26(3)24-17)15(11)9-12-5-4-6-13(8-12)18(19,20)21/h4-8,10,22H,9H2,1-3H3. The molecule has 154 valence electrons. The van der Waals surface area contributed by atoms with Gasteiger partial charge in [0.1, 0.15) is 0 Å². The number of tetrazole rings is 1. The quantitative estimate of drug-likeness (QED) is 0.679. The van der Waals surface area contributed by atoms with Crippen LogP contribution in [0.15, 0.2) is 41.3 Å². The van der Waals surface area contributed by atoms with Crippen LogP contribution in [0.4, 0.5) is 13.2 Å². The number of rotatable bonds is 5. The van der Waals surface area contributed by atoms with Gasteiger partial charge >= 0.3 is 6.18 Å². The van der Waals surface area contributed by atoms with Gasteiger partial charge in [0, 0.05) is 5.56 Å². The van der Waals surface area contributed by atoms with E-state index in [0.29, 0.717) is 22.3 Å². The normalized spacial score (nSPS) is 12.3. The Morgan fingerprint density at radius 3 is 2.48 bits per heavy atom. The molecule has 29 heavy (non-hydrogen) atoms. The zero-order valence-electron chi connectivity index (χ0n) is 15.8. The molecule has 1 N–H and O–H groups in total. The molecular weight excluding hydrogens is 407 g/mol. The van der Waals surface area contributed by atoms with Crippen LogP contribution in [-0.4, -0.2) is 35.7 Å². The highest BCUT2D eigenvalue weighted by atomic mass is 32.2. The molecule has 0 aliphatic heterocycles. The lowest BCUT2D eigenvalue weighted by molar-refractivity contribution is -0.137. The van der Waals surface area contributed by atoms with Crippen molar-refractivity contribution in [3.05, 3.63) is 58.7 Å². The third-order valence-electron chi connectivity index (χ3n) is 4.41. The Bertz CT molecular complexity index is 1160. The molecule has 7 nitrogen and oxygen atoms in total. The van der Waals surface area contributed by atoms with Gasteiger partial charge in [-0.1, -0.05) is 18.2 Å². The van der Waals surface area contributed by atoms with E-state index in [1.807, 2.05) is 0 Å². The molecule has 1 heterocycles. The van der Waals surface area contributed by atoms with E-state index < -0.39 is 21.8 Å². The van der Waals surface area contributed by atoms with Crippen LogP contribution < -0.4 is 4.72 Å². The van der Waals surface area contributed by atoms with Crippen LogP contribution in [0, 0.1) is 6.92 Å². The molecule has 11 heteroatoms. The van der Waals surface area contributed by atoms with Gasteiger partial charge in [-0.3, -0.25) is 0 Å². The number of aryl methyl sites for hydroxylation is 2. The summed E-state index contributed by atoms with van der Waals surface area (Å²) in [6.07, 6.45) is -4.31. The molecule has 0 radical (unpaired) electrons. The first-order valence-electron chi connectivity index (χ1n) is 8.49. The zero-order valence-corrected chi connectivity index (χ0v) is 16.6. The van der Waals surface area contributed by atoms with Crippen LogP contribution >= 0.6 is 0 Å². The van der Waals surface area contributed by atoms with E-state index in [9.17, 15) is 21.6 Å². The van der Waals surface area contributed by atoms with Gasteiger partial charge in [-0.05, 0) is 60.5 Å². The Balaban J connectivity index is 2.16. The van der Waals surface area contributed by atoms with Crippen LogP contribution in [-0.2, 0) is 29.7 Å². The van der Waals surface area contributed by atoms with Crippen molar-refractivity contribution in [1.82, 2.24) is 24.9 Å². The molecule has 0 saturated heterocycles. The van der Waals surface area contributed by atoms with E-state index in [2.05, 4.69) is 20.1 Å².